The second-order valence-corrected chi connectivity index (χ2v) is 8.62. The molecule has 10 heteroatoms. The van der Waals surface area contributed by atoms with Crippen LogP contribution in [0.15, 0.2) is 50.5 Å². The highest BCUT2D eigenvalue weighted by molar-refractivity contribution is 7.89. The van der Waals surface area contributed by atoms with Gasteiger partial charge in [0.05, 0.1) is 27.5 Å². The highest BCUT2D eigenvalue weighted by Crippen LogP contribution is 2.36. The minimum atomic E-state index is -3.83. The summed E-state index contributed by atoms with van der Waals surface area (Å²) >= 11 is 0. The lowest BCUT2D eigenvalue weighted by Gasteiger charge is -2.22. The number of sulfonamides is 1. The first-order chi connectivity index (χ1) is 13.4. The second kappa shape index (κ2) is 6.01. The van der Waals surface area contributed by atoms with E-state index in [1.807, 2.05) is 0 Å². The van der Waals surface area contributed by atoms with Gasteiger partial charge in [-0.1, -0.05) is 0 Å². The maximum absolute atomic E-state index is 13.5. The van der Waals surface area contributed by atoms with Crippen LogP contribution in [0, 0.1) is 5.82 Å². The Balaban J connectivity index is 1.56. The largest absolute Gasteiger partial charge is 0.417 e. The van der Waals surface area contributed by atoms with Gasteiger partial charge < -0.3 is 9.40 Å². The Morgan fingerprint density at radius 3 is 2.86 bits per heavy atom. The first-order valence-corrected chi connectivity index (χ1v) is 10.2. The smallest absolute Gasteiger partial charge is 0.408 e. The summed E-state index contributed by atoms with van der Waals surface area (Å²) in [7, 11) is -3.83. The third-order valence-electron chi connectivity index (χ3n) is 4.98. The number of halogens is 1. The maximum Gasteiger partial charge on any atom is 0.417 e. The third-order valence-corrected chi connectivity index (χ3v) is 6.88. The molecule has 0 bridgehead atoms. The van der Waals surface area contributed by atoms with Crippen molar-refractivity contribution in [1.82, 2.24) is 19.3 Å². The van der Waals surface area contributed by atoms with Gasteiger partial charge in [0.2, 0.25) is 10.0 Å². The van der Waals surface area contributed by atoms with Gasteiger partial charge in [-0.25, -0.2) is 22.6 Å². The van der Waals surface area contributed by atoms with Crippen molar-refractivity contribution in [3.8, 4) is 0 Å². The predicted molar refractivity (Wildman–Crippen MR) is 98.8 cm³/mol. The first-order valence-electron chi connectivity index (χ1n) is 8.72. The number of benzene rings is 2. The number of aromatic nitrogens is 3. The molecule has 1 saturated heterocycles. The third kappa shape index (κ3) is 2.64. The number of H-pyrrole nitrogens is 2. The molecule has 0 saturated carbocycles. The summed E-state index contributed by atoms with van der Waals surface area (Å²) in [4.78, 5) is 21.4. The number of imidazole rings is 1. The maximum atomic E-state index is 13.5. The van der Waals surface area contributed by atoms with Gasteiger partial charge in [0.15, 0.2) is 5.58 Å². The van der Waals surface area contributed by atoms with Crippen LogP contribution >= 0.6 is 0 Å². The molecule has 0 spiro atoms. The van der Waals surface area contributed by atoms with Crippen molar-refractivity contribution in [1.29, 1.82) is 0 Å². The Labute approximate surface area is 158 Å². The van der Waals surface area contributed by atoms with E-state index in [2.05, 4.69) is 15.0 Å². The summed E-state index contributed by atoms with van der Waals surface area (Å²) in [6, 6.07) is 7.99. The molecule has 0 amide bonds. The Hall–Kier alpha value is -2.98. The van der Waals surface area contributed by atoms with Gasteiger partial charge in [0.1, 0.15) is 11.6 Å². The van der Waals surface area contributed by atoms with Gasteiger partial charge in [-0.2, -0.15) is 4.31 Å². The van der Waals surface area contributed by atoms with E-state index in [0.717, 1.165) is 0 Å². The standard InChI is InChI=1S/C18H15FN4O4S/c19-10-3-5-12-13(8-10)21-17(20-12)15-2-1-7-23(15)28(25,26)11-4-6-16-14(9-11)22-18(24)27-16/h3-6,8-9,15H,1-2,7H2,(H,20,21)(H,22,24). The molecule has 8 nitrogen and oxygen atoms in total. The van der Waals surface area contributed by atoms with Gasteiger partial charge in [0, 0.05) is 6.54 Å². The molecule has 2 aromatic carbocycles. The fraction of sp³-hybridized carbons (Fsp3) is 0.222. The van der Waals surface area contributed by atoms with Crippen LogP contribution in [0.1, 0.15) is 24.7 Å². The zero-order chi connectivity index (χ0) is 19.5. The number of nitrogens with zero attached hydrogens (tertiary/aromatic N) is 2. The van der Waals surface area contributed by atoms with Gasteiger partial charge in [-0.05, 0) is 49.2 Å². The number of fused-ring (bicyclic) bond motifs is 2. The van der Waals surface area contributed by atoms with Crippen molar-refractivity contribution in [2.75, 3.05) is 6.54 Å². The quantitative estimate of drug-likeness (QED) is 0.547. The average molecular weight is 402 g/mol. The lowest BCUT2D eigenvalue weighted by Crippen LogP contribution is -2.31. The van der Waals surface area contributed by atoms with Crippen molar-refractivity contribution in [3.05, 3.63) is 58.6 Å². The molecule has 28 heavy (non-hydrogen) atoms. The van der Waals surface area contributed by atoms with Gasteiger partial charge in [-0.3, -0.25) is 4.98 Å². The van der Waals surface area contributed by atoms with E-state index < -0.39 is 21.8 Å². The van der Waals surface area contributed by atoms with Crippen molar-refractivity contribution in [3.63, 3.8) is 0 Å². The van der Waals surface area contributed by atoms with Crippen molar-refractivity contribution < 1.29 is 17.2 Å². The van der Waals surface area contributed by atoms with Crippen LogP contribution in [0.25, 0.3) is 22.1 Å². The highest BCUT2D eigenvalue weighted by atomic mass is 32.2. The van der Waals surface area contributed by atoms with E-state index in [0.29, 0.717) is 47.3 Å². The molecular weight excluding hydrogens is 387 g/mol. The molecule has 0 radical (unpaired) electrons. The van der Waals surface area contributed by atoms with E-state index in [-0.39, 0.29) is 10.7 Å². The lowest BCUT2D eigenvalue weighted by molar-refractivity contribution is 0.386. The van der Waals surface area contributed by atoms with Crippen LogP contribution in [0.4, 0.5) is 4.39 Å². The molecule has 2 aromatic heterocycles. The minimum Gasteiger partial charge on any atom is -0.408 e. The fourth-order valence-corrected chi connectivity index (χ4v) is 5.37. The molecule has 1 unspecified atom stereocenters. The molecular formula is C18H15FN4O4S. The van der Waals surface area contributed by atoms with E-state index >= 15 is 0 Å². The summed E-state index contributed by atoms with van der Waals surface area (Å²) in [6.45, 7) is 0.346. The van der Waals surface area contributed by atoms with Crippen molar-refractivity contribution in [2.45, 2.75) is 23.8 Å². The summed E-state index contributed by atoms with van der Waals surface area (Å²) in [5.41, 5.74) is 1.72. The second-order valence-electron chi connectivity index (χ2n) is 6.73. The summed E-state index contributed by atoms with van der Waals surface area (Å²) in [6.07, 6.45) is 1.28. The van der Waals surface area contributed by atoms with E-state index in [4.69, 9.17) is 4.42 Å². The Bertz CT molecular complexity index is 1370. The fourth-order valence-electron chi connectivity index (χ4n) is 3.69. The van der Waals surface area contributed by atoms with Gasteiger partial charge >= 0.3 is 5.76 Å². The zero-order valence-corrected chi connectivity index (χ0v) is 15.3. The Morgan fingerprint density at radius 2 is 2.00 bits per heavy atom. The molecule has 144 valence electrons. The number of rotatable bonds is 3. The number of aromatic amines is 2. The molecule has 4 aromatic rings. The minimum absolute atomic E-state index is 0.0612. The first kappa shape index (κ1) is 17.1. The predicted octanol–water partition coefficient (Wildman–Crippen LogP) is 2.66. The molecule has 5 rings (SSSR count). The van der Waals surface area contributed by atoms with Crippen LogP contribution in [0.3, 0.4) is 0 Å². The molecule has 1 aliphatic rings. The zero-order valence-electron chi connectivity index (χ0n) is 14.5. The molecule has 2 N–H and O–H groups in total. The van der Waals surface area contributed by atoms with Gasteiger partial charge in [-0.15, -0.1) is 0 Å². The SMILES string of the molecule is O=c1[nH]c2cc(S(=O)(=O)N3CCCC3c3nc4ccc(F)cc4[nH]3)ccc2o1. The Morgan fingerprint density at radius 1 is 1.14 bits per heavy atom. The normalized spacial score (nSPS) is 18.4. The highest BCUT2D eigenvalue weighted by Gasteiger charge is 2.38. The number of hydrogen-bond donors (Lipinski definition) is 2. The van der Waals surface area contributed by atoms with Crippen LogP contribution in [-0.2, 0) is 10.0 Å². The molecule has 1 fully saturated rings. The van der Waals surface area contributed by atoms with Crippen LogP contribution in [-0.4, -0.2) is 34.2 Å². The summed E-state index contributed by atoms with van der Waals surface area (Å²) in [5, 5.41) is 0. The van der Waals surface area contributed by atoms with Crippen LogP contribution < -0.4 is 5.76 Å². The molecule has 1 aliphatic heterocycles. The van der Waals surface area contributed by atoms with E-state index in [9.17, 15) is 17.6 Å². The number of hydrogen-bond acceptors (Lipinski definition) is 5. The number of nitrogens with one attached hydrogen (secondary N) is 2. The Kier molecular flexibility index (Phi) is 3.68. The molecule has 3 heterocycles. The molecule has 0 aliphatic carbocycles. The van der Waals surface area contributed by atoms with Gasteiger partial charge in [0.25, 0.3) is 0 Å². The van der Waals surface area contributed by atoms with Crippen LogP contribution in [0.2, 0.25) is 0 Å². The number of oxazole rings is 1. The van der Waals surface area contributed by atoms with Crippen LogP contribution in [0.5, 0.6) is 0 Å². The van der Waals surface area contributed by atoms with E-state index in [1.165, 1.54) is 34.6 Å². The summed E-state index contributed by atoms with van der Waals surface area (Å²) < 4.78 is 46.3. The van der Waals surface area contributed by atoms with Crippen molar-refractivity contribution in [2.24, 2.45) is 0 Å². The van der Waals surface area contributed by atoms with Crippen molar-refractivity contribution >= 4 is 32.2 Å². The summed E-state index contributed by atoms with van der Waals surface area (Å²) in [5.74, 6) is -0.543. The average Bonchev–Trinajstić information content (AvgIpc) is 3.36. The lowest BCUT2D eigenvalue weighted by atomic mass is 10.2. The monoisotopic (exact) mass is 402 g/mol. The topological polar surface area (TPSA) is 112 Å². The molecule has 1 atom stereocenters. The van der Waals surface area contributed by atoms with E-state index in [1.54, 1.807) is 6.07 Å².